The highest BCUT2D eigenvalue weighted by atomic mass is 19.1. The average Bonchev–Trinajstić information content (AvgIpc) is 3.57. The van der Waals surface area contributed by atoms with Gasteiger partial charge < -0.3 is 18.7 Å². The number of carbonyl (C=O) groups is 1. The van der Waals surface area contributed by atoms with Crippen molar-refractivity contribution in [2.24, 2.45) is 0 Å². The summed E-state index contributed by atoms with van der Waals surface area (Å²) in [6.45, 7) is 0.380. The van der Waals surface area contributed by atoms with Crippen molar-refractivity contribution in [1.82, 2.24) is 30.0 Å². The number of amides is 1. The van der Waals surface area contributed by atoms with E-state index >= 15 is 0 Å². The van der Waals surface area contributed by atoms with Crippen LogP contribution in [0.2, 0.25) is 0 Å². The number of nitrogens with zero attached hydrogens (tertiary/aromatic N) is 5. The number of pyridine rings is 1. The van der Waals surface area contributed by atoms with Crippen LogP contribution in [0.3, 0.4) is 0 Å². The number of aromatic nitrogens is 5. The van der Waals surface area contributed by atoms with Gasteiger partial charge in [0.15, 0.2) is 11.5 Å². The van der Waals surface area contributed by atoms with Gasteiger partial charge in [-0.2, -0.15) is 0 Å². The van der Waals surface area contributed by atoms with Crippen molar-refractivity contribution in [1.29, 1.82) is 0 Å². The molecule has 5 heterocycles. The summed E-state index contributed by atoms with van der Waals surface area (Å²) < 4.78 is 25.6. The number of aromatic amines is 1. The van der Waals surface area contributed by atoms with E-state index in [1.807, 2.05) is 30.3 Å². The number of furan rings is 1. The zero-order valence-electron chi connectivity index (χ0n) is 16.5. The second-order valence-corrected chi connectivity index (χ2v) is 7.35. The maximum atomic E-state index is 14.0. The van der Waals surface area contributed by atoms with E-state index in [1.54, 1.807) is 11.2 Å². The average molecular weight is 430 g/mol. The summed E-state index contributed by atoms with van der Waals surface area (Å²) in [5, 5.41) is 8.59. The molecule has 158 valence electrons. The van der Waals surface area contributed by atoms with Gasteiger partial charge in [0.2, 0.25) is 0 Å². The Morgan fingerprint density at radius 3 is 2.91 bits per heavy atom. The molecular weight excluding hydrogens is 415 g/mol. The molecule has 0 fully saturated rings. The van der Waals surface area contributed by atoms with Crippen LogP contribution in [0.25, 0.3) is 22.6 Å². The molecule has 0 radical (unpaired) electrons. The monoisotopic (exact) mass is 430 g/mol. The molecule has 1 N–H and O–H groups in total. The van der Waals surface area contributed by atoms with Crippen molar-refractivity contribution in [3.05, 3.63) is 83.8 Å². The number of carbonyl (C=O) groups excluding carboxylic acids is 1. The van der Waals surface area contributed by atoms with Crippen LogP contribution in [0, 0.1) is 5.82 Å². The van der Waals surface area contributed by atoms with Crippen molar-refractivity contribution < 1.29 is 18.0 Å². The van der Waals surface area contributed by atoms with E-state index in [-0.39, 0.29) is 17.5 Å². The third-order valence-electron chi connectivity index (χ3n) is 5.47. The predicted molar refractivity (Wildman–Crippen MR) is 109 cm³/mol. The second-order valence-electron chi connectivity index (χ2n) is 7.35. The summed E-state index contributed by atoms with van der Waals surface area (Å²) in [7, 11) is 0. The molecule has 0 spiro atoms. The first kappa shape index (κ1) is 18.4. The van der Waals surface area contributed by atoms with Crippen LogP contribution in [-0.4, -0.2) is 42.5 Å². The maximum Gasteiger partial charge on any atom is 0.312 e. The van der Waals surface area contributed by atoms with Gasteiger partial charge >= 0.3 is 11.8 Å². The summed E-state index contributed by atoms with van der Waals surface area (Å²) >= 11 is 0. The van der Waals surface area contributed by atoms with E-state index in [0.29, 0.717) is 30.0 Å². The molecule has 0 saturated carbocycles. The van der Waals surface area contributed by atoms with Crippen LogP contribution in [0.5, 0.6) is 0 Å². The molecule has 1 atom stereocenters. The minimum atomic E-state index is -0.616. The number of nitrogens with one attached hydrogen (secondary N) is 1. The Morgan fingerprint density at radius 1 is 1.12 bits per heavy atom. The van der Waals surface area contributed by atoms with Gasteiger partial charge in [-0.3, -0.25) is 4.79 Å². The number of halogens is 1. The SMILES string of the molecule is O=C(c1nnc(-c2ncccc2F)o1)N1CCc2[nH]cnc2[C@H]1c1cc2ccccc2o1. The molecule has 0 aliphatic carbocycles. The lowest BCUT2D eigenvalue weighted by atomic mass is 10.00. The molecule has 1 aromatic carbocycles. The Kier molecular flexibility index (Phi) is 4.10. The van der Waals surface area contributed by atoms with Gasteiger partial charge in [0, 0.05) is 30.2 Å². The minimum Gasteiger partial charge on any atom is -0.458 e. The number of para-hydroxylation sites is 1. The molecule has 1 aliphatic heterocycles. The molecule has 1 amide bonds. The lowest BCUT2D eigenvalue weighted by Crippen LogP contribution is -2.40. The van der Waals surface area contributed by atoms with Crippen LogP contribution in [-0.2, 0) is 6.42 Å². The predicted octanol–water partition coefficient (Wildman–Crippen LogP) is 3.53. The minimum absolute atomic E-state index is 0.110. The standard InChI is InChI=1S/C22H15FN6O3/c23-13-5-3-8-24-17(13)20-27-28-21(32-20)22(30)29-9-7-14-18(26-11-25-14)19(29)16-10-12-4-1-2-6-15(12)31-16/h1-6,8,10-11,19H,7,9H2,(H,25,26)/t19-/m1/s1. The van der Waals surface area contributed by atoms with Gasteiger partial charge in [0.1, 0.15) is 17.4 Å². The summed E-state index contributed by atoms with van der Waals surface area (Å²) in [4.78, 5) is 26.5. The highest BCUT2D eigenvalue weighted by Crippen LogP contribution is 2.37. The topological polar surface area (TPSA) is 114 Å². The first-order valence-corrected chi connectivity index (χ1v) is 9.95. The molecule has 10 heteroatoms. The smallest absolute Gasteiger partial charge is 0.312 e. The Morgan fingerprint density at radius 2 is 2.03 bits per heavy atom. The van der Waals surface area contributed by atoms with Gasteiger partial charge in [-0.1, -0.05) is 18.2 Å². The van der Waals surface area contributed by atoms with E-state index in [0.717, 1.165) is 11.1 Å². The largest absolute Gasteiger partial charge is 0.458 e. The first-order valence-electron chi connectivity index (χ1n) is 9.95. The van der Waals surface area contributed by atoms with E-state index in [2.05, 4.69) is 25.1 Å². The first-order chi connectivity index (χ1) is 15.7. The molecule has 5 aromatic rings. The highest BCUT2D eigenvalue weighted by molar-refractivity contribution is 5.90. The Bertz CT molecular complexity index is 1420. The summed E-state index contributed by atoms with van der Waals surface area (Å²) in [5.41, 5.74) is 2.23. The lowest BCUT2D eigenvalue weighted by Gasteiger charge is -2.32. The quantitative estimate of drug-likeness (QED) is 0.466. The van der Waals surface area contributed by atoms with Crippen molar-refractivity contribution in [2.45, 2.75) is 12.5 Å². The Hall–Kier alpha value is -4.34. The second kappa shape index (κ2) is 7.12. The summed E-state index contributed by atoms with van der Waals surface area (Å²) in [5.74, 6) is -0.967. The third-order valence-corrected chi connectivity index (χ3v) is 5.47. The fourth-order valence-corrected chi connectivity index (χ4v) is 3.99. The Labute approximate surface area is 179 Å². The van der Waals surface area contributed by atoms with E-state index in [9.17, 15) is 9.18 Å². The number of hydrogen-bond donors (Lipinski definition) is 1. The molecule has 9 nitrogen and oxygen atoms in total. The van der Waals surface area contributed by atoms with Gasteiger partial charge in [-0.25, -0.2) is 14.4 Å². The van der Waals surface area contributed by atoms with Crippen LogP contribution >= 0.6 is 0 Å². The molecule has 6 rings (SSSR count). The highest BCUT2D eigenvalue weighted by Gasteiger charge is 2.38. The number of imidazole rings is 1. The molecule has 0 saturated heterocycles. The number of benzene rings is 1. The number of hydrogen-bond acceptors (Lipinski definition) is 7. The van der Waals surface area contributed by atoms with Crippen LogP contribution < -0.4 is 0 Å². The molecule has 4 aromatic heterocycles. The summed E-state index contributed by atoms with van der Waals surface area (Å²) in [6.07, 6.45) is 3.59. The zero-order valence-corrected chi connectivity index (χ0v) is 16.5. The van der Waals surface area contributed by atoms with Crippen molar-refractivity contribution in [2.75, 3.05) is 6.54 Å². The zero-order chi connectivity index (χ0) is 21.7. The third kappa shape index (κ3) is 2.88. The fourth-order valence-electron chi connectivity index (χ4n) is 3.99. The van der Waals surface area contributed by atoms with Gasteiger partial charge in [-0.05, 0) is 24.3 Å². The van der Waals surface area contributed by atoms with Crippen LogP contribution in [0.15, 0.2) is 63.8 Å². The van der Waals surface area contributed by atoms with E-state index in [1.165, 1.54) is 18.3 Å². The normalized spacial score (nSPS) is 15.8. The summed E-state index contributed by atoms with van der Waals surface area (Å²) in [6, 6.07) is 11.6. The molecule has 0 unspecified atom stereocenters. The maximum absolute atomic E-state index is 14.0. The Balaban J connectivity index is 1.40. The molecular formula is C22H15FN6O3. The lowest BCUT2D eigenvalue weighted by molar-refractivity contribution is 0.0632. The van der Waals surface area contributed by atoms with Crippen LogP contribution in [0.4, 0.5) is 4.39 Å². The van der Waals surface area contributed by atoms with Crippen molar-refractivity contribution in [3.63, 3.8) is 0 Å². The molecule has 0 bridgehead atoms. The van der Waals surface area contributed by atoms with Crippen molar-refractivity contribution >= 4 is 16.9 Å². The van der Waals surface area contributed by atoms with Gasteiger partial charge in [-0.15, -0.1) is 10.2 Å². The van der Waals surface area contributed by atoms with Crippen LogP contribution in [0.1, 0.15) is 33.9 Å². The number of fused-ring (bicyclic) bond motifs is 2. The number of rotatable bonds is 3. The molecule has 1 aliphatic rings. The molecule has 32 heavy (non-hydrogen) atoms. The van der Waals surface area contributed by atoms with Gasteiger partial charge in [0.05, 0.1) is 12.0 Å². The van der Waals surface area contributed by atoms with Crippen molar-refractivity contribution in [3.8, 4) is 11.6 Å². The van der Waals surface area contributed by atoms with Gasteiger partial charge in [0.25, 0.3) is 5.89 Å². The fraction of sp³-hybridized carbons (Fsp3) is 0.136. The van der Waals surface area contributed by atoms with E-state index < -0.39 is 17.8 Å². The number of H-pyrrole nitrogens is 1. The van der Waals surface area contributed by atoms with E-state index in [4.69, 9.17) is 8.83 Å².